The molecular formula is C17H24N2O4. The van der Waals surface area contributed by atoms with Gasteiger partial charge in [-0.2, -0.15) is 0 Å². The Morgan fingerprint density at radius 3 is 2.57 bits per heavy atom. The molecule has 1 unspecified atom stereocenters. The van der Waals surface area contributed by atoms with Gasteiger partial charge >= 0.3 is 5.97 Å². The number of nitrogens with zero attached hydrogens (tertiary/aromatic N) is 2. The molecule has 2 heterocycles. The molecule has 1 aromatic heterocycles. The van der Waals surface area contributed by atoms with Crippen LogP contribution in [0.25, 0.3) is 0 Å². The van der Waals surface area contributed by atoms with Gasteiger partial charge in [0.1, 0.15) is 0 Å². The van der Waals surface area contributed by atoms with Gasteiger partial charge in [0.25, 0.3) is 5.91 Å². The Labute approximate surface area is 135 Å². The molecule has 1 aliphatic heterocycles. The summed E-state index contributed by atoms with van der Waals surface area (Å²) in [6, 6.07) is 1.77. The fourth-order valence-corrected chi connectivity index (χ4v) is 3.85. The maximum absolute atomic E-state index is 12.5. The molecule has 1 N–H and O–H groups in total. The summed E-state index contributed by atoms with van der Waals surface area (Å²) in [5.74, 6) is -0.417. The SMILES string of the molecule is CCC(CC)c1cc(C(=O)N2CCC3(CC2)CC3C(=O)O)on1. The Bertz CT molecular complexity index is 597. The summed E-state index contributed by atoms with van der Waals surface area (Å²) in [5, 5.41) is 13.2. The fourth-order valence-electron chi connectivity index (χ4n) is 3.85. The van der Waals surface area contributed by atoms with Gasteiger partial charge in [0.15, 0.2) is 0 Å². The third-order valence-corrected chi connectivity index (χ3v) is 5.68. The molecule has 126 valence electrons. The van der Waals surface area contributed by atoms with Crippen LogP contribution in [-0.4, -0.2) is 40.1 Å². The Hall–Kier alpha value is -1.85. The molecule has 1 aromatic rings. The third-order valence-electron chi connectivity index (χ3n) is 5.68. The van der Waals surface area contributed by atoms with Crippen LogP contribution in [0, 0.1) is 11.3 Å². The predicted octanol–water partition coefficient (Wildman–Crippen LogP) is 2.91. The molecule has 1 saturated heterocycles. The van der Waals surface area contributed by atoms with E-state index in [-0.39, 0.29) is 17.2 Å². The maximum Gasteiger partial charge on any atom is 0.307 e. The van der Waals surface area contributed by atoms with Crippen LogP contribution >= 0.6 is 0 Å². The van der Waals surface area contributed by atoms with Crippen LogP contribution in [0.1, 0.15) is 68.1 Å². The summed E-state index contributed by atoms with van der Waals surface area (Å²) < 4.78 is 5.26. The second-order valence-corrected chi connectivity index (χ2v) is 6.88. The first-order chi connectivity index (χ1) is 11.0. The third kappa shape index (κ3) is 2.86. The Balaban J connectivity index is 1.61. The van der Waals surface area contributed by atoms with Crippen molar-refractivity contribution in [2.75, 3.05) is 13.1 Å². The van der Waals surface area contributed by atoms with Gasteiger partial charge in [-0.15, -0.1) is 0 Å². The number of aromatic nitrogens is 1. The highest BCUT2D eigenvalue weighted by Crippen LogP contribution is 2.59. The number of carboxylic acids is 1. The number of carbonyl (C=O) groups is 2. The standard InChI is InChI=1S/C17H24N2O4/c1-3-11(4-2)13-9-14(23-18-13)15(20)19-7-5-17(6-8-19)10-12(17)16(21)22/h9,11-12H,3-8,10H2,1-2H3,(H,21,22). The second-order valence-electron chi connectivity index (χ2n) is 6.88. The molecule has 0 bridgehead atoms. The lowest BCUT2D eigenvalue weighted by atomic mass is 9.90. The van der Waals surface area contributed by atoms with Crippen molar-refractivity contribution in [1.82, 2.24) is 10.1 Å². The van der Waals surface area contributed by atoms with Crippen LogP contribution in [0.3, 0.4) is 0 Å². The largest absolute Gasteiger partial charge is 0.481 e. The number of carboxylic acid groups (broad SMARTS) is 1. The molecule has 1 saturated carbocycles. The molecule has 2 fully saturated rings. The predicted molar refractivity (Wildman–Crippen MR) is 83.1 cm³/mol. The summed E-state index contributed by atoms with van der Waals surface area (Å²) in [4.78, 5) is 25.4. The van der Waals surface area contributed by atoms with Gasteiger partial charge in [0, 0.05) is 25.1 Å². The van der Waals surface area contributed by atoms with Gasteiger partial charge in [-0.05, 0) is 37.5 Å². The first-order valence-corrected chi connectivity index (χ1v) is 8.49. The van der Waals surface area contributed by atoms with Crippen LogP contribution in [0.15, 0.2) is 10.6 Å². The van der Waals surface area contributed by atoms with E-state index in [1.807, 2.05) is 0 Å². The summed E-state index contributed by atoms with van der Waals surface area (Å²) in [6.45, 7) is 5.40. The van der Waals surface area contributed by atoms with Crippen molar-refractivity contribution < 1.29 is 19.2 Å². The molecule has 1 atom stereocenters. The van der Waals surface area contributed by atoms with Crippen LogP contribution in [-0.2, 0) is 4.79 Å². The average Bonchev–Trinajstić information content (AvgIpc) is 3.04. The summed E-state index contributed by atoms with van der Waals surface area (Å²) in [7, 11) is 0. The smallest absolute Gasteiger partial charge is 0.307 e. The van der Waals surface area contributed by atoms with E-state index in [0.717, 1.165) is 37.8 Å². The van der Waals surface area contributed by atoms with Gasteiger partial charge in [-0.1, -0.05) is 19.0 Å². The van der Waals surface area contributed by atoms with Crippen molar-refractivity contribution in [3.05, 3.63) is 17.5 Å². The molecule has 2 aliphatic rings. The van der Waals surface area contributed by atoms with Crippen molar-refractivity contribution in [2.45, 2.75) is 51.9 Å². The number of hydrogen-bond acceptors (Lipinski definition) is 4. The van der Waals surface area contributed by atoms with Crippen molar-refractivity contribution in [1.29, 1.82) is 0 Å². The molecule has 6 heteroatoms. The van der Waals surface area contributed by atoms with E-state index < -0.39 is 5.97 Å². The van der Waals surface area contributed by atoms with E-state index in [2.05, 4.69) is 19.0 Å². The topological polar surface area (TPSA) is 83.6 Å². The lowest BCUT2D eigenvalue weighted by Gasteiger charge is -2.31. The highest BCUT2D eigenvalue weighted by atomic mass is 16.5. The zero-order valence-corrected chi connectivity index (χ0v) is 13.7. The van der Waals surface area contributed by atoms with Crippen molar-refractivity contribution in [3.8, 4) is 0 Å². The quantitative estimate of drug-likeness (QED) is 0.902. The monoisotopic (exact) mass is 320 g/mol. The van der Waals surface area contributed by atoms with E-state index in [9.17, 15) is 9.59 Å². The fraction of sp³-hybridized carbons (Fsp3) is 0.706. The minimum absolute atomic E-state index is 0.0648. The average molecular weight is 320 g/mol. The highest BCUT2D eigenvalue weighted by molar-refractivity contribution is 5.91. The molecule has 0 aromatic carbocycles. The first-order valence-electron chi connectivity index (χ1n) is 8.49. The van der Waals surface area contributed by atoms with E-state index in [0.29, 0.717) is 24.8 Å². The van der Waals surface area contributed by atoms with Crippen LogP contribution in [0.4, 0.5) is 0 Å². The van der Waals surface area contributed by atoms with Gasteiger partial charge in [-0.3, -0.25) is 9.59 Å². The zero-order chi connectivity index (χ0) is 16.6. The van der Waals surface area contributed by atoms with Crippen LogP contribution in [0.2, 0.25) is 0 Å². The van der Waals surface area contributed by atoms with Crippen LogP contribution < -0.4 is 0 Å². The minimum Gasteiger partial charge on any atom is -0.481 e. The van der Waals surface area contributed by atoms with E-state index in [1.54, 1.807) is 11.0 Å². The normalized spacial score (nSPS) is 22.6. The number of rotatable bonds is 5. The summed E-state index contributed by atoms with van der Waals surface area (Å²) >= 11 is 0. The molecule has 3 rings (SSSR count). The number of carbonyl (C=O) groups excluding carboxylic acids is 1. The summed E-state index contributed by atoms with van der Waals surface area (Å²) in [6.07, 6.45) is 4.23. The van der Waals surface area contributed by atoms with Gasteiger partial charge in [0.2, 0.25) is 5.76 Å². The lowest BCUT2D eigenvalue weighted by molar-refractivity contribution is -0.139. The Morgan fingerprint density at radius 2 is 2.04 bits per heavy atom. The number of aliphatic carboxylic acids is 1. The Kier molecular flexibility index (Phi) is 4.17. The molecule has 1 spiro atoms. The first kappa shape index (κ1) is 16.0. The van der Waals surface area contributed by atoms with Crippen molar-refractivity contribution >= 4 is 11.9 Å². The molecule has 6 nitrogen and oxygen atoms in total. The molecule has 1 aliphatic carbocycles. The van der Waals surface area contributed by atoms with Gasteiger partial charge in [0.05, 0.1) is 11.6 Å². The number of piperidine rings is 1. The number of amides is 1. The maximum atomic E-state index is 12.5. The molecule has 1 amide bonds. The van der Waals surface area contributed by atoms with Crippen molar-refractivity contribution in [3.63, 3.8) is 0 Å². The number of likely N-dealkylation sites (tertiary alicyclic amines) is 1. The zero-order valence-electron chi connectivity index (χ0n) is 13.7. The molecular weight excluding hydrogens is 296 g/mol. The minimum atomic E-state index is -0.699. The van der Waals surface area contributed by atoms with E-state index >= 15 is 0 Å². The summed E-state index contributed by atoms with van der Waals surface area (Å²) in [5.41, 5.74) is 0.782. The van der Waals surface area contributed by atoms with Crippen molar-refractivity contribution in [2.24, 2.45) is 11.3 Å². The number of hydrogen-bond donors (Lipinski definition) is 1. The lowest BCUT2D eigenvalue weighted by Crippen LogP contribution is -2.39. The van der Waals surface area contributed by atoms with Gasteiger partial charge in [-0.25, -0.2) is 0 Å². The van der Waals surface area contributed by atoms with Crippen LogP contribution in [0.5, 0.6) is 0 Å². The molecule has 23 heavy (non-hydrogen) atoms. The van der Waals surface area contributed by atoms with E-state index in [4.69, 9.17) is 9.63 Å². The Morgan fingerprint density at radius 1 is 1.39 bits per heavy atom. The molecule has 0 radical (unpaired) electrons. The second kappa shape index (κ2) is 5.98. The highest BCUT2D eigenvalue weighted by Gasteiger charge is 2.59. The van der Waals surface area contributed by atoms with E-state index in [1.165, 1.54) is 0 Å². The van der Waals surface area contributed by atoms with Gasteiger partial charge < -0.3 is 14.5 Å².